The van der Waals surface area contributed by atoms with Crippen LogP contribution in [0.3, 0.4) is 0 Å². The molecule has 0 fully saturated rings. The first-order valence-electron chi connectivity index (χ1n) is 5.66. The first-order chi connectivity index (χ1) is 7.67. The van der Waals surface area contributed by atoms with Crippen molar-refractivity contribution in [3.63, 3.8) is 0 Å². The number of hydrogen-bond donors (Lipinski definition) is 1. The minimum Gasteiger partial charge on any atom is -0.330 e. The van der Waals surface area contributed by atoms with Gasteiger partial charge in [0.15, 0.2) is 5.78 Å². The maximum absolute atomic E-state index is 11.8. The van der Waals surface area contributed by atoms with E-state index in [1.807, 2.05) is 31.2 Å². The third-order valence-electron chi connectivity index (χ3n) is 2.62. The Bertz CT molecular complexity index is 365. The Balaban J connectivity index is 2.66. The summed E-state index contributed by atoms with van der Waals surface area (Å²) in [4.78, 5) is 11.8. The summed E-state index contributed by atoms with van der Waals surface area (Å²) in [5.74, 6) is 0.145. The second-order valence-electron chi connectivity index (χ2n) is 3.94. The second kappa shape index (κ2) is 6.23. The zero-order valence-corrected chi connectivity index (χ0v) is 9.83. The molecule has 2 heteroatoms. The summed E-state index contributed by atoms with van der Waals surface area (Å²) in [6.45, 7) is 6.50. The molecule has 16 heavy (non-hydrogen) atoms. The quantitative estimate of drug-likeness (QED) is 0.588. The average Bonchev–Trinajstić information content (AvgIpc) is 2.30. The van der Waals surface area contributed by atoms with Crippen LogP contribution in [0.5, 0.6) is 0 Å². The van der Waals surface area contributed by atoms with E-state index in [-0.39, 0.29) is 5.78 Å². The summed E-state index contributed by atoms with van der Waals surface area (Å²) in [6, 6.07) is 7.68. The van der Waals surface area contributed by atoms with Crippen molar-refractivity contribution in [2.75, 3.05) is 6.54 Å². The predicted molar refractivity (Wildman–Crippen MR) is 67.6 cm³/mol. The van der Waals surface area contributed by atoms with Crippen LogP contribution in [-0.2, 0) is 6.42 Å². The molecule has 0 bridgehead atoms. The molecule has 86 valence electrons. The molecule has 0 aromatic heterocycles. The smallest absolute Gasteiger partial charge is 0.166 e. The molecule has 0 aliphatic heterocycles. The van der Waals surface area contributed by atoms with Crippen LogP contribution in [0.15, 0.2) is 36.4 Å². The van der Waals surface area contributed by atoms with Gasteiger partial charge in [-0.3, -0.25) is 4.79 Å². The molecule has 0 aliphatic carbocycles. The number of carbonyl (C=O) groups excluding carboxylic acids is 1. The first kappa shape index (κ1) is 12.7. The van der Waals surface area contributed by atoms with Gasteiger partial charge in [0.05, 0.1) is 0 Å². The third-order valence-corrected chi connectivity index (χ3v) is 2.62. The highest BCUT2D eigenvalue weighted by Crippen LogP contribution is 2.12. The van der Waals surface area contributed by atoms with Gasteiger partial charge in [-0.05, 0) is 24.9 Å². The third kappa shape index (κ3) is 3.63. The lowest BCUT2D eigenvalue weighted by Gasteiger charge is -2.04. The minimum absolute atomic E-state index is 0.145. The number of rotatable bonds is 6. The molecule has 2 nitrogen and oxygen atoms in total. The summed E-state index contributed by atoms with van der Waals surface area (Å²) in [7, 11) is 0. The molecular weight excluding hydrogens is 198 g/mol. The zero-order chi connectivity index (χ0) is 12.0. The van der Waals surface area contributed by atoms with E-state index in [9.17, 15) is 4.79 Å². The average molecular weight is 217 g/mol. The van der Waals surface area contributed by atoms with Crippen molar-refractivity contribution in [2.45, 2.75) is 26.2 Å². The van der Waals surface area contributed by atoms with E-state index in [0.29, 0.717) is 13.0 Å². The molecule has 0 unspecified atom stereocenters. The Morgan fingerprint density at radius 1 is 1.31 bits per heavy atom. The number of hydrogen-bond acceptors (Lipinski definition) is 2. The molecule has 0 atom stereocenters. The molecule has 0 saturated carbocycles. The van der Waals surface area contributed by atoms with Crippen LogP contribution < -0.4 is 5.73 Å². The Kier molecular flexibility index (Phi) is 4.93. The topological polar surface area (TPSA) is 43.1 Å². The first-order valence-corrected chi connectivity index (χ1v) is 5.66. The van der Waals surface area contributed by atoms with Crippen molar-refractivity contribution in [3.05, 3.63) is 47.5 Å². The van der Waals surface area contributed by atoms with Gasteiger partial charge >= 0.3 is 0 Å². The van der Waals surface area contributed by atoms with Crippen LogP contribution in [-0.4, -0.2) is 12.3 Å². The Morgan fingerprint density at radius 2 is 1.94 bits per heavy atom. The SMILES string of the molecule is C=C(CC)CC(=O)c1ccc(CCN)cc1. The predicted octanol–water partition coefficient (Wildman–Crippen LogP) is 2.73. The van der Waals surface area contributed by atoms with Crippen LogP contribution in [0.4, 0.5) is 0 Å². The Labute approximate surface area is 97.2 Å². The monoisotopic (exact) mass is 217 g/mol. The molecule has 1 aromatic rings. The molecular formula is C14H19NO. The van der Waals surface area contributed by atoms with Gasteiger partial charge in [-0.15, -0.1) is 0 Å². The highest BCUT2D eigenvalue weighted by molar-refractivity contribution is 5.97. The molecule has 1 rings (SSSR count). The molecule has 0 spiro atoms. The van der Waals surface area contributed by atoms with Gasteiger partial charge in [0.1, 0.15) is 0 Å². The van der Waals surface area contributed by atoms with Crippen LogP contribution in [0.25, 0.3) is 0 Å². The summed E-state index contributed by atoms with van der Waals surface area (Å²) >= 11 is 0. The van der Waals surface area contributed by atoms with E-state index in [1.165, 1.54) is 5.56 Å². The molecule has 1 aromatic carbocycles. The van der Waals surface area contributed by atoms with Crippen molar-refractivity contribution < 1.29 is 4.79 Å². The molecule has 0 saturated heterocycles. The van der Waals surface area contributed by atoms with E-state index < -0.39 is 0 Å². The van der Waals surface area contributed by atoms with E-state index in [2.05, 4.69) is 6.58 Å². The van der Waals surface area contributed by atoms with Crippen LogP contribution >= 0.6 is 0 Å². The van der Waals surface area contributed by atoms with Crippen molar-refractivity contribution in [3.8, 4) is 0 Å². The fourth-order valence-corrected chi connectivity index (χ4v) is 1.48. The van der Waals surface area contributed by atoms with Crippen molar-refractivity contribution in [1.82, 2.24) is 0 Å². The summed E-state index contributed by atoms with van der Waals surface area (Å²) in [5.41, 5.74) is 8.38. The molecule has 2 N–H and O–H groups in total. The Hall–Kier alpha value is -1.41. The Morgan fingerprint density at radius 3 is 2.44 bits per heavy atom. The van der Waals surface area contributed by atoms with Gasteiger partial charge < -0.3 is 5.73 Å². The standard InChI is InChI=1S/C14H19NO/c1-3-11(2)10-14(16)13-6-4-12(5-7-13)8-9-15/h4-7H,2-3,8-10,15H2,1H3. The molecule has 0 aliphatic rings. The fraction of sp³-hybridized carbons (Fsp3) is 0.357. The normalized spacial score (nSPS) is 10.1. The fourth-order valence-electron chi connectivity index (χ4n) is 1.48. The summed E-state index contributed by atoms with van der Waals surface area (Å²) < 4.78 is 0. The molecule has 0 radical (unpaired) electrons. The number of allylic oxidation sites excluding steroid dienone is 1. The minimum atomic E-state index is 0.145. The van der Waals surface area contributed by atoms with Gasteiger partial charge in [-0.1, -0.05) is 43.3 Å². The highest BCUT2D eigenvalue weighted by atomic mass is 16.1. The van der Waals surface area contributed by atoms with Crippen molar-refractivity contribution in [2.24, 2.45) is 5.73 Å². The zero-order valence-electron chi connectivity index (χ0n) is 9.83. The van der Waals surface area contributed by atoms with Crippen LogP contribution in [0.1, 0.15) is 35.7 Å². The number of Topliss-reactive ketones (excluding diaryl/α,β-unsaturated/α-hetero) is 1. The number of ketones is 1. The lowest BCUT2D eigenvalue weighted by molar-refractivity contribution is 0.0992. The largest absolute Gasteiger partial charge is 0.330 e. The van der Waals surface area contributed by atoms with Crippen LogP contribution in [0, 0.1) is 0 Å². The number of benzene rings is 1. The molecule has 0 amide bonds. The summed E-state index contributed by atoms with van der Waals surface area (Å²) in [6.07, 6.45) is 2.17. The van der Waals surface area contributed by atoms with Crippen molar-refractivity contribution >= 4 is 5.78 Å². The van der Waals surface area contributed by atoms with Crippen LogP contribution in [0.2, 0.25) is 0 Å². The number of carbonyl (C=O) groups is 1. The van der Waals surface area contributed by atoms with Gasteiger partial charge in [0.2, 0.25) is 0 Å². The highest BCUT2D eigenvalue weighted by Gasteiger charge is 2.06. The van der Waals surface area contributed by atoms with E-state index in [4.69, 9.17) is 5.73 Å². The molecule has 0 heterocycles. The second-order valence-corrected chi connectivity index (χ2v) is 3.94. The van der Waals surface area contributed by atoms with E-state index in [0.717, 1.165) is 24.0 Å². The lowest BCUT2D eigenvalue weighted by Crippen LogP contribution is -2.04. The van der Waals surface area contributed by atoms with Gasteiger partial charge in [-0.2, -0.15) is 0 Å². The van der Waals surface area contributed by atoms with Gasteiger partial charge in [0.25, 0.3) is 0 Å². The summed E-state index contributed by atoms with van der Waals surface area (Å²) in [5, 5.41) is 0. The maximum Gasteiger partial charge on any atom is 0.166 e. The van der Waals surface area contributed by atoms with E-state index >= 15 is 0 Å². The van der Waals surface area contributed by atoms with Crippen molar-refractivity contribution in [1.29, 1.82) is 0 Å². The van der Waals surface area contributed by atoms with Gasteiger partial charge in [-0.25, -0.2) is 0 Å². The van der Waals surface area contributed by atoms with E-state index in [1.54, 1.807) is 0 Å². The van der Waals surface area contributed by atoms with Gasteiger partial charge in [0, 0.05) is 12.0 Å². The lowest BCUT2D eigenvalue weighted by atomic mass is 10.0. The maximum atomic E-state index is 11.8. The number of nitrogens with two attached hydrogens (primary N) is 1.